The van der Waals surface area contributed by atoms with Gasteiger partial charge in [0, 0.05) is 85.7 Å². The van der Waals surface area contributed by atoms with Crippen LogP contribution in [0.25, 0.3) is 0 Å². The van der Waals surface area contributed by atoms with Gasteiger partial charge in [0.2, 0.25) is 0 Å². The van der Waals surface area contributed by atoms with Gasteiger partial charge in [-0.2, -0.15) is 0 Å². The van der Waals surface area contributed by atoms with E-state index in [1.807, 2.05) is 26.2 Å². The van der Waals surface area contributed by atoms with Crippen LogP contribution < -0.4 is 0 Å². The molecule has 0 saturated carbocycles. The maximum Gasteiger partial charge on any atom is 0.483 e. The van der Waals surface area contributed by atoms with Crippen molar-refractivity contribution in [3.05, 3.63) is 0 Å². The Bertz CT molecular complexity index is 1300. The maximum absolute atomic E-state index is 9.28. The molecule has 0 amide bonds. The van der Waals surface area contributed by atoms with Crippen molar-refractivity contribution >= 4 is 69.2 Å². The lowest BCUT2D eigenvalue weighted by molar-refractivity contribution is 0.0152. The van der Waals surface area contributed by atoms with E-state index in [0.29, 0.717) is 123 Å². The molecule has 4 atom stereocenters. The van der Waals surface area contributed by atoms with Gasteiger partial charge in [0.1, 0.15) is 0 Å². The van der Waals surface area contributed by atoms with Gasteiger partial charge < -0.3 is 99.4 Å². The fraction of sp³-hybridized carbons (Fsp3) is 1.00. The second-order valence-electron chi connectivity index (χ2n) is 20.6. The lowest BCUT2D eigenvalue weighted by atomic mass is 10.4. The third kappa shape index (κ3) is 33.8. The lowest BCUT2D eigenvalue weighted by Gasteiger charge is -2.50. The summed E-state index contributed by atoms with van der Waals surface area (Å²) in [5, 5.41) is 27.8. The molecule has 0 bridgehead atoms. The number of aliphatic hydroxyl groups is 3. The number of hydrogen-bond acceptors (Lipinski definition) is 22. The van der Waals surface area contributed by atoms with E-state index in [1.165, 1.54) is 0 Å². The van der Waals surface area contributed by atoms with E-state index in [0.717, 1.165) is 51.4 Å². The van der Waals surface area contributed by atoms with Crippen LogP contribution in [0.2, 0.25) is 82.6 Å². The molecular formula is C47H108O22Si8. The number of aliphatic hydroxyl groups excluding tert-OH is 3. The molecule has 4 unspecified atom stereocenters. The normalized spacial score (nSPS) is 30.3. The summed E-state index contributed by atoms with van der Waals surface area (Å²) >= 11 is 0. The van der Waals surface area contributed by atoms with Gasteiger partial charge in [-0.1, -0.05) is 20.8 Å². The highest BCUT2D eigenvalue weighted by molar-refractivity contribution is 6.94. The molecule has 2 aliphatic heterocycles. The van der Waals surface area contributed by atoms with Crippen molar-refractivity contribution in [2.75, 3.05) is 145 Å². The molecule has 22 nitrogen and oxygen atoms in total. The molecule has 2 heterocycles. The van der Waals surface area contributed by atoms with E-state index in [9.17, 15) is 15.3 Å². The van der Waals surface area contributed by atoms with Crippen molar-refractivity contribution in [3.8, 4) is 0 Å². The predicted molar refractivity (Wildman–Crippen MR) is 310 cm³/mol. The van der Waals surface area contributed by atoms with Crippen molar-refractivity contribution in [1.82, 2.24) is 0 Å². The Morgan fingerprint density at radius 2 is 0.468 bits per heavy atom. The first-order chi connectivity index (χ1) is 36.7. The minimum absolute atomic E-state index is 0.0286. The van der Waals surface area contributed by atoms with Crippen molar-refractivity contribution in [1.29, 1.82) is 0 Å². The van der Waals surface area contributed by atoms with Crippen LogP contribution >= 0.6 is 0 Å². The molecule has 0 aromatic heterocycles. The lowest BCUT2D eigenvalue weighted by Crippen LogP contribution is -2.70. The zero-order valence-corrected chi connectivity index (χ0v) is 57.6. The zero-order chi connectivity index (χ0) is 56.9. The van der Waals surface area contributed by atoms with Crippen LogP contribution in [0.15, 0.2) is 0 Å². The van der Waals surface area contributed by atoms with Crippen molar-refractivity contribution in [2.24, 2.45) is 0 Å². The monoisotopic (exact) mass is 1250 g/mol. The fourth-order valence-electron chi connectivity index (χ4n) is 9.18. The standard InChI is InChI=1S/C47H108O22Si8/c1-12-24-51-37-40-59-75(9)66-74(8,67-76(10,60-41-38-52-25-13-2)69-77(11,68-75)61-42-39-53-26-14-3)47-17-30-55-28-15-27-54-29-16-43-70(4)62-71(5,44-18-31-56-34-21-48)64-73(7,46-20-33-58-36-23-50)65-72(6,63-70)45-19-32-57-35-22-49/h48-50H,12-47H2,1-11H3. The summed E-state index contributed by atoms with van der Waals surface area (Å²) < 4.78 is 122. The zero-order valence-electron chi connectivity index (χ0n) is 49.6. The molecule has 2 fully saturated rings. The molecule has 30 heteroatoms. The van der Waals surface area contributed by atoms with Crippen molar-refractivity contribution < 1.29 is 99.4 Å². The van der Waals surface area contributed by atoms with Crippen LogP contribution in [0.1, 0.15) is 78.6 Å². The first-order valence-corrected chi connectivity index (χ1v) is 48.0. The third-order valence-electron chi connectivity index (χ3n) is 12.0. The second-order valence-corrected chi connectivity index (χ2v) is 47.0. The van der Waals surface area contributed by atoms with E-state index >= 15 is 0 Å². The average Bonchev–Trinajstić information content (AvgIpc) is 3.34. The molecule has 2 aliphatic rings. The van der Waals surface area contributed by atoms with E-state index < -0.39 is 69.2 Å². The summed E-state index contributed by atoms with van der Waals surface area (Å²) in [4.78, 5) is 0. The van der Waals surface area contributed by atoms with Gasteiger partial charge in [-0.15, -0.1) is 0 Å². The molecular weight excluding hydrogens is 1140 g/mol. The molecule has 0 radical (unpaired) electrons. The van der Waals surface area contributed by atoms with Gasteiger partial charge in [-0.3, -0.25) is 0 Å². The van der Waals surface area contributed by atoms with E-state index in [2.05, 4.69) is 47.0 Å². The molecule has 0 aromatic rings. The van der Waals surface area contributed by atoms with Gasteiger partial charge in [0.05, 0.1) is 79.3 Å². The summed E-state index contributed by atoms with van der Waals surface area (Å²) in [6, 6.07) is 3.34. The summed E-state index contributed by atoms with van der Waals surface area (Å²) in [7, 11) is -25.1. The Balaban J connectivity index is 2.09. The Morgan fingerprint density at radius 3 is 0.727 bits per heavy atom. The van der Waals surface area contributed by atoms with E-state index in [1.54, 1.807) is 0 Å². The number of hydrogen-bond donors (Lipinski definition) is 3. The molecule has 460 valence electrons. The van der Waals surface area contributed by atoms with Crippen LogP contribution in [-0.4, -0.2) is 230 Å². The first-order valence-electron chi connectivity index (χ1n) is 28.7. The predicted octanol–water partition coefficient (Wildman–Crippen LogP) is 6.94. The summed E-state index contributed by atoms with van der Waals surface area (Å²) in [6.07, 6.45) is 7.00. The molecule has 0 spiro atoms. The quantitative estimate of drug-likeness (QED) is 0.0413. The topological polar surface area (TPSA) is 236 Å². The summed E-state index contributed by atoms with van der Waals surface area (Å²) in [5.74, 6) is 0. The van der Waals surface area contributed by atoms with E-state index in [-0.39, 0.29) is 59.5 Å². The Labute approximate surface area is 472 Å². The van der Waals surface area contributed by atoms with Crippen molar-refractivity contribution in [3.63, 3.8) is 0 Å². The fourth-order valence-corrected chi connectivity index (χ4v) is 50.6. The Morgan fingerprint density at radius 1 is 0.247 bits per heavy atom. The third-order valence-corrected chi connectivity index (χ3v) is 46.6. The summed E-state index contributed by atoms with van der Waals surface area (Å²) in [6.45, 7) is 30.6. The Kier molecular flexibility index (Phi) is 39.4. The second kappa shape index (κ2) is 41.0. The highest BCUT2D eigenvalue weighted by Gasteiger charge is 2.61. The smallest absolute Gasteiger partial charge is 0.416 e. The van der Waals surface area contributed by atoms with Crippen LogP contribution in [0, 0.1) is 0 Å². The molecule has 0 aromatic carbocycles. The minimum atomic E-state index is -3.48. The maximum atomic E-state index is 9.28. The highest BCUT2D eigenvalue weighted by Crippen LogP contribution is 2.39. The molecule has 2 saturated heterocycles. The van der Waals surface area contributed by atoms with Crippen LogP contribution in [-0.2, 0) is 84.1 Å². The van der Waals surface area contributed by atoms with Gasteiger partial charge >= 0.3 is 69.2 Å². The van der Waals surface area contributed by atoms with E-state index in [4.69, 9.17) is 84.1 Å². The van der Waals surface area contributed by atoms with Gasteiger partial charge in [-0.05, 0) is 121 Å². The number of ether oxygens (including phenoxy) is 8. The Hall–Kier alpha value is 0.855. The average molecular weight is 1250 g/mol. The van der Waals surface area contributed by atoms with Gasteiger partial charge in [-0.25, -0.2) is 0 Å². The molecule has 0 aliphatic carbocycles. The first kappa shape index (κ1) is 74.0. The highest BCUT2D eigenvalue weighted by atomic mass is 28.5. The minimum Gasteiger partial charge on any atom is -0.416 e. The number of rotatable bonds is 48. The molecule has 2 rings (SSSR count). The van der Waals surface area contributed by atoms with Gasteiger partial charge in [0.25, 0.3) is 0 Å². The van der Waals surface area contributed by atoms with Crippen LogP contribution in [0.4, 0.5) is 0 Å². The SMILES string of the molecule is CCCOCCO[Si]1(C)O[Si](C)(CCCOCCCOCCC[Si]2(C)O[Si](C)(CCCOCCO)O[Si](C)(CCCOCCO)O[Si](C)(CCCOCCO)O2)O[Si](C)(OCCOCCC)O[Si](C)(OCCOCCC)O1. The summed E-state index contributed by atoms with van der Waals surface area (Å²) in [5.41, 5.74) is 0. The van der Waals surface area contributed by atoms with Crippen molar-refractivity contribution in [2.45, 2.75) is 161 Å². The van der Waals surface area contributed by atoms with Gasteiger partial charge in [0.15, 0.2) is 0 Å². The molecule has 3 N–H and O–H groups in total. The molecule has 77 heavy (non-hydrogen) atoms. The van der Waals surface area contributed by atoms with Crippen LogP contribution in [0.3, 0.4) is 0 Å². The largest absolute Gasteiger partial charge is 0.483 e. The van der Waals surface area contributed by atoms with Crippen LogP contribution in [0.5, 0.6) is 0 Å².